The Balaban J connectivity index is 2.26. The van der Waals surface area contributed by atoms with E-state index in [1.807, 2.05) is 13.8 Å². The van der Waals surface area contributed by atoms with Crippen LogP contribution in [0.2, 0.25) is 0 Å². The third kappa shape index (κ3) is 2.58. The quantitative estimate of drug-likeness (QED) is 0.796. The summed E-state index contributed by atoms with van der Waals surface area (Å²) in [5.41, 5.74) is 1.77. The van der Waals surface area contributed by atoms with Crippen molar-refractivity contribution in [1.29, 1.82) is 0 Å². The molecule has 0 radical (unpaired) electrons. The van der Waals surface area contributed by atoms with E-state index in [9.17, 15) is 4.39 Å². The summed E-state index contributed by atoms with van der Waals surface area (Å²) < 4.78 is 12.7. The van der Waals surface area contributed by atoms with E-state index in [1.54, 1.807) is 18.3 Å². The third-order valence-corrected chi connectivity index (χ3v) is 3.15. The first-order valence-corrected chi connectivity index (χ1v) is 5.70. The molecule has 16 heavy (non-hydrogen) atoms. The van der Waals surface area contributed by atoms with Crippen molar-refractivity contribution in [2.45, 2.75) is 23.8 Å². The predicted molar refractivity (Wildman–Crippen MR) is 62.0 cm³/mol. The second kappa shape index (κ2) is 4.61. The van der Waals surface area contributed by atoms with Crippen molar-refractivity contribution in [1.82, 2.24) is 9.97 Å². The lowest BCUT2D eigenvalue weighted by molar-refractivity contribution is 0.626. The Kier molecular flexibility index (Phi) is 3.19. The highest BCUT2D eigenvalue weighted by molar-refractivity contribution is 7.99. The molecular weight excluding hydrogens is 223 g/mol. The molecule has 0 aliphatic rings. The van der Waals surface area contributed by atoms with Crippen molar-refractivity contribution in [2.24, 2.45) is 0 Å². The van der Waals surface area contributed by atoms with Gasteiger partial charge in [0, 0.05) is 11.1 Å². The van der Waals surface area contributed by atoms with Gasteiger partial charge in [0.1, 0.15) is 10.8 Å². The van der Waals surface area contributed by atoms with Crippen LogP contribution in [0.1, 0.15) is 11.4 Å². The Morgan fingerprint density at radius 1 is 1.12 bits per heavy atom. The Morgan fingerprint density at radius 2 is 1.81 bits per heavy atom. The van der Waals surface area contributed by atoms with Crippen molar-refractivity contribution in [3.63, 3.8) is 0 Å². The van der Waals surface area contributed by atoms with Crippen LogP contribution >= 0.6 is 11.8 Å². The number of aryl methyl sites for hydroxylation is 2. The topological polar surface area (TPSA) is 25.8 Å². The monoisotopic (exact) mass is 234 g/mol. The van der Waals surface area contributed by atoms with Gasteiger partial charge in [-0.3, -0.25) is 4.98 Å². The molecule has 2 rings (SSSR count). The maximum Gasteiger partial charge on any atom is 0.123 e. The maximum atomic E-state index is 12.7. The molecule has 1 aromatic heterocycles. The lowest BCUT2D eigenvalue weighted by atomic mass is 10.4. The SMILES string of the molecule is Cc1cnc(C)c(Sc2ccc(F)cc2)n1. The molecular formula is C12H11FN2S. The van der Waals surface area contributed by atoms with Gasteiger partial charge in [0.2, 0.25) is 0 Å². The molecule has 0 saturated carbocycles. The summed E-state index contributed by atoms with van der Waals surface area (Å²) in [6.07, 6.45) is 1.74. The predicted octanol–water partition coefficient (Wildman–Crippen LogP) is 3.38. The summed E-state index contributed by atoms with van der Waals surface area (Å²) in [4.78, 5) is 9.59. The van der Waals surface area contributed by atoms with Gasteiger partial charge in [-0.2, -0.15) is 0 Å². The standard InChI is InChI=1S/C12H11FN2S/c1-8-7-14-9(2)12(15-8)16-11-5-3-10(13)4-6-11/h3-7H,1-2H3. The second-order valence-corrected chi connectivity index (χ2v) is 4.52. The fourth-order valence-corrected chi connectivity index (χ4v) is 2.11. The number of halogens is 1. The summed E-state index contributed by atoms with van der Waals surface area (Å²) in [7, 11) is 0. The van der Waals surface area contributed by atoms with Gasteiger partial charge >= 0.3 is 0 Å². The van der Waals surface area contributed by atoms with Gasteiger partial charge in [-0.25, -0.2) is 9.37 Å². The van der Waals surface area contributed by atoms with Crippen molar-refractivity contribution < 1.29 is 4.39 Å². The largest absolute Gasteiger partial charge is 0.257 e. The molecule has 4 heteroatoms. The average molecular weight is 234 g/mol. The van der Waals surface area contributed by atoms with E-state index in [2.05, 4.69) is 9.97 Å². The van der Waals surface area contributed by atoms with Crippen LogP contribution in [0.25, 0.3) is 0 Å². The van der Waals surface area contributed by atoms with Crippen LogP contribution in [0, 0.1) is 19.7 Å². The van der Waals surface area contributed by atoms with Crippen LogP contribution in [-0.4, -0.2) is 9.97 Å². The van der Waals surface area contributed by atoms with Gasteiger partial charge in [-0.05, 0) is 38.1 Å². The highest BCUT2D eigenvalue weighted by atomic mass is 32.2. The maximum absolute atomic E-state index is 12.7. The second-order valence-electron chi connectivity index (χ2n) is 3.46. The minimum absolute atomic E-state index is 0.226. The molecule has 1 aromatic carbocycles. The van der Waals surface area contributed by atoms with Crippen molar-refractivity contribution in [3.05, 3.63) is 47.7 Å². The van der Waals surface area contributed by atoms with E-state index in [0.29, 0.717) is 0 Å². The zero-order valence-electron chi connectivity index (χ0n) is 9.07. The van der Waals surface area contributed by atoms with Crippen LogP contribution in [0.3, 0.4) is 0 Å². The number of hydrogen-bond acceptors (Lipinski definition) is 3. The third-order valence-electron chi connectivity index (χ3n) is 2.06. The van der Waals surface area contributed by atoms with E-state index >= 15 is 0 Å². The van der Waals surface area contributed by atoms with Gasteiger partial charge < -0.3 is 0 Å². The average Bonchev–Trinajstić information content (AvgIpc) is 2.27. The number of rotatable bonds is 2. The normalized spacial score (nSPS) is 10.4. The summed E-state index contributed by atoms with van der Waals surface area (Å²) in [6, 6.07) is 6.37. The number of nitrogens with zero attached hydrogens (tertiary/aromatic N) is 2. The minimum atomic E-state index is -0.226. The van der Waals surface area contributed by atoms with Crippen LogP contribution in [0.15, 0.2) is 40.4 Å². The summed E-state index contributed by atoms with van der Waals surface area (Å²) in [6.45, 7) is 3.82. The first-order chi connectivity index (χ1) is 7.65. The molecule has 0 unspecified atom stereocenters. The first-order valence-electron chi connectivity index (χ1n) is 4.89. The summed E-state index contributed by atoms with van der Waals surface area (Å²) >= 11 is 1.50. The van der Waals surface area contributed by atoms with E-state index in [0.717, 1.165) is 21.3 Å². The van der Waals surface area contributed by atoms with E-state index in [-0.39, 0.29) is 5.82 Å². The van der Waals surface area contributed by atoms with Crippen molar-refractivity contribution in [2.75, 3.05) is 0 Å². The Hall–Kier alpha value is -1.42. The highest BCUT2D eigenvalue weighted by Crippen LogP contribution is 2.27. The molecule has 0 spiro atoms. The van der Waals surface area contributed by atoms with E-state index < -0.39 is 0 Å². The van der Waals surface area contributed by atoms with Crippen molar-refractivity contribution >= 4 is 11.8 Å². The van der Waals surface area contributed by atoms with Gasteiger partial charge in [0.05, 0.1) is 11.4 Å². The molecule has 0 fully saturated rings. The van der Waals surface area contributed by atoms with Gasteiger partial charge in [-0.15, -0.1) is 0 Å². The molecule has 0 amide bonds. The number of aromatic nitrogens is 2. The summed E-state index contributed by atoms with van der Waals surface area (Å²) in [5.74, 6) is -0.226. The Bertz CT molecular complexity index is 497. The molecule has 0 aliphatic heterocycles. The molecule has 2 nitrogen and oxygen atoms in total. The Labute approximate surface area is 97.9 Å². The first kappa shape index (κ1) is 11.1. The van der Waals surface area contributed by atoms with Crippen LogP contribution in [-0.2, 0) is 0 Å². The molecule has 0 bridgehead atoms. The Morgan fingerprint density at radius 3 is 2.50 bits per heavy atom. The molecule has 2 aromatic rings. The minimum Gasteiger partial charge on any atom is -0.257 e. The molecule has 1 heterocycles. The zero-order valence-corrected chi connectivity index (χ0v) is 9.88. The smallest absolute Gasteiger partial charge is 0.123 e. The number of hydrogen-bond donors (Lipinski definition) is 0. The van der Waals surface area contributed by atoms with Crippen molar-refractivity contribution in [3.8, 4) is 0 Å². The van der Waals surface area contributed by atoms with Gasteiger partial charge in [-0.1, -0.05) is 11.8 Å². The summed E-state index contributed by atoms with van der Waals surface area (Å²) in [5, 5.41) is 0.867. The highest BCUT2D eigenvalue weighted by Gasteiger charge is 2.04. The fourth-order valence-electron chi connectivity index (χ4n) is 1.23. The van der Waals surface area contributed by atoms with E-state index in [1.165, 1.54) is 23.9 Å². The van der Waals surface area contributed by atoms with E-state index in [4.69, 9.17) is 0 Å². The lowest BCUT2D eigenvalue weighted by Gasteiger charge is -2.04. The molecule has 82 valence electrons. The van der Waals surface area contributed by atoms with Crippen LogP contribution < -0.4 is 0 Å². The van der Waals surface area contributed by atoms with Crippen LogP contribution in [0.4, 0.5) is 4.39 Å². The van der Waals surface area contributed by atoms with Gasteiger partial charge in [0.15, 0.2) is 0 Å². The zero-order chi connectivity index (χ0) is 11.5. The molecule has 0 aliphatic carbocycles. The molecule has 0 N–H and O–H groups in total. The lowest BCUT2D eigenvalue weighted by Crippen LogP contribution is -1.92. The van der Waals surface area contributed by atoms with Crippen LogP contribution in [0.5, 0.6) is 0 Å². The van der Waals surface area contributed by atoms with Gasteiger partial charge in [0.25, 0.3) is 0 Å². The fraction of sp³-hybridized carbons (Fsp3) is 0.167. The molecule has 0 atom stereocenters. The number of benzene rings is 1. The molecule has 0 saturated heterocycles.